The number of hydrogen-bond donors (Lipinski definition) is 0. The van der Waals surface area contributed by atoms with E-state index in [4.69, 9.17) is 4.52 Å². The van der Waals surface area contributed by atoms with Gasteiger partial charge in [0.2, 0.25) is 5.91 Å². The van der Waals surface area contributed by atoms with Crippen molar-refractivity contribution < 1.29 is 9.32 Å². The zero-order valence-electron chi connectivity index (χ0n) is 15.3. The number of rotatable bonds is 3. The maximum Gasteiger partial charge on any atom is 0.273 e. The van der Waals surface area contributed by atoms with Crippen molar-refractivity contribution in [3.63, 3.8) is 0 Å². The third-order valence-corrected chi connectivity index (χ3v) is 5.62. The van der Waals surface area contributed by atoms with E-state index in [9.17, 15) is 9.59 Å². The van der Waals surface area contributed by atoms with Gasteiger partial charge in [0.25, 0.3) is 5.56 Å². The van der Waals surface area contributed by atoms with Crippen LogP contribution in [0, 0.1) is 13.8 Å². The number of carbonyl (C=O) groups excluding carboxylic acids is 1. The molecule has 7 nitrogen and oxygen atoms in total. The van der Waals surface area contributed by atoms with E-state index in [0.717, 1.165) is 61.5 Å². The molecule has 0 radical (unpaired) electrons. The third kappa shape index (κ3) is 3.06. The fourth-order valence-corrected chi connectivity index (χ4v) is 4.22. The molecule has 7 heteroatoms. The monoisotopic (exact) mass is 356 g/mol. The highest BCUT2D eigenvalue weighted by atomic mass is 16.5. The lowest BCUT2D eigenvalue weighted by atomic mass is 9.93. The molecule has 1 saturated heterocycles. The first-order chi connectivity index (χ1) is 12.5. The Kier molecular flexibility index (Phi) is 4.38. The fraction of sp³-hybridized carbons (Fsp3) is 0.579. The molecule has 2 aliphatic heterocycles. The number of aryl methyl sites for hydroxylation is 3. The predicted octanol–water partition coefficient (Wildman–Crippen LogP) is 1.74. The first-order valence-electron chi connectivity index (χ1n) is 9.33. The van der Waals surface area contributed by atoms with E-state index in [2.05, 4.69) is 14.7 Å². The van der Waals surface area contributed by atoms with Gasteiger partial charge in [-0.3, -0.25) is 9.59 Å². The molecule has 1 atom stereocenters. The molecule has 0 bridgehead atoms. The zero-order chi connectivity index (χ0) is 18.3. The van der Waals surface area contributed by atoms with Crippen molar-refractivity contribution in [3.8, 4) is 0 Å². The van der Waals surface area contributed by atoms with E-state index in [1.807, 2.05) is 18.7 Å². The van der Waals surface area contributed by atoms with Gasteiger partial charge in [0, 0.05) is 49.3 Å². The molecule has 1 amide bonds. The van der Waals surface area contributed by atoms with Crippen LogP contribution in [0.25, 0.3) is 0 Å². The molecule has 138 valence electrons. The Hall–Kier alpha value is -2.44. The van der Waals surface area contributed by atoms with E-state index in [-0.39, 0.29) is 17.4 Å². The molecule has 0 spiro atoms. The molecule has 0 aliphatic carbocycles. The Bertz CT molecular complexity index is 879. The first-order valence-corrected chi connectivity index (χ1v) is 9.33. The Morgan fingerprint density at radius 1 is 1.31 bits per heavy atom. The summed E-state index contributed by atoms with van der Waals surface area (Å²) in [5.74, 6) is 1.90. The number of nitrogens with zero attached hydrogens (tertiary/aromatic N) is 4. The Balaban J connectivity index is 1.53. The molecule has 4 heterocycles. The fourth-order valence-electron chi connectivity index (χ4n) is 4.22. The van der Waals surface area contributed by atoms with E-state index in [1.54, 1.807) is 6.07 Å². The SMILES string of the molecule is Cc1noc(C)c1CC(=O)N1CCC[C@@H](c2cc(=O)nc3n2CCC3)C1. The summed E-state index contributed by atoms with van der Waals surface area (Å²) >= 11 is 0. The summed E-state index contributed by atoms with van der Waals surface area (Å²) in [6.45, 7) is 6.05. The van der Waals surface area contributed by atoms with Crippen molar-refractivity contribution in [3.05, 3.63) is 45.0 Å². The van der Waals surface area contributed by atoms with Crippen LogP contribution in [0.1, 0.15) is 53.7 Å². The Morgan fingerprint density at radius 3 is 2.92 bits per heavy atom. The second kappa shape index (κ2) is 6.70. The lowest BCUT2D eigenvalue weighted by Gasteiger charge is -2.34. The Morgan fingerprint density at radius 2 is 2.15 bits per heavy atom. The number of fused-ring (bicyclic) bond motifs is 1. The van der Waals surface area contributed by atoms with Crippen molar-refractivity contribution in [2.75, 3.05) is 13.1 Å². The number of hydrogen-bond acceptors (Lipinski definition) is 5. The zero-order valence-corrected chi connectivity index (χ0v) is 15.3. The minimum Gasteiger partial charge on any atom is -0.361 e. The Labute approximate surface area is 152 Å². The summed E-state index contributed by atoms with van der Waals surface area (Å²) in [5, 5.41) is 3.94. The third-order valence-electron chi connectivity index (χ3n) is 5.62. The largest absolute Gasteiger partial charge is 0.361 e. The van der Waals surface area contributed by atoms with Crippen LogP contribution >= 0.6 is 0 Å². The number of likely N-dealkylation sites (tertiary alicyclic amines) is 1. The maximum absolute atomic E-state index is 12.8. The van der Waals surface area contributed by atoms with Crippen molar-refractivity contribution >= 4 is 5.91 Å². The topological polar surface area (TPSA) is 81.2 Å². The van der Waals surface area contributed by atoms with Crippen molar-refractivity contribution in [2.45, 2.75) is 58.4 Å². The minimum absolute atomic E-state index is 0.0992. The van der Waals surface area contributed by atoms with Crippen LogP contribution in [0.5, 0.6) is 0 Å². The lowest BCUT2D eigenvalue weighted by Crippen LogP contribution is -2.41. The summed E-state index contributed by atoms with van der Waals surface area (Å²) in [6.07, 6.45) is 4.17. The van der Waals surface area contributed by atoms with Gasteiger partial charge in [-0.1, -0.05) is 5.16 Å². The molecule has 26 heavy (non-hydrogen) atoms. The second-order valence-corrected chi connectivity index (χ2v) is 7.35. The van der Waals surface area contributed by atoms with Crippen LogP contribution in [0.4, 0.5) is 0 Å². The quantitative estimate of drug-likeness (QED) is 0.837. The number of amides is 1. The lowest BCUT2D eigenvalue weighted by molar-refractivity contribution is -0.131. The molecule has 2 aliphatic rings. The molecule has 0 aromatic carbocycles. The van der Waals surface area contributed by atoms with Crippen LogP contribution in [-0.2, 0) is 24.2 Å². The van der Waals surface area contributed by atoms with Crippen LogP contribution in [0.15, 0.2) is 15.4 Å². The maximum atomic E-state index is 12.8. The molecule has 0 saturated carbocycles. The average Bonchev–Trinajstić information content (AvgIpc) is 3.22. The summed E-state index contributed by atoms with van der Waals surface area (Å²) in [6, 6.07) is 1.67. The predicted molar refractivity (Wildman–Crippen MR) is 95.1 cm³/mol. The highest BCUT2D eigenvalue weighted by Gasteiger charge is 2.29. The van der Waals surface area contributed by atoms with Crippen molar-refractivity contribution in [1.29, 1.82) is 0 Å². The highest BCUT2D eigenvalue weighted by Crippen LogP contribution is 2.29. The molecule has 0 unspecified atom stereocenters. The van der Waals surface area contributed by atoms with Crippen molar-refractivity contribution in [2.24, 2.45) is 0 Å². The van der Waals surface area contributed by atoms with Crippen molar-refractivity contribution in [1.82, 2.24) is 19.6 Å². The smallest absolute Gasteiger partial charge is 0.273 e. The summed E-state index contributed by atoms with van der Waals surface area (Å²) < 4.78 is 7.36. The summed E-state index contributed by atoms with van der Waals surface area (Å²) in [4.78, 5) is 30.9. The van der Waals surface area contributed by atoms with Gasteiger partial charge in [0.1, 0.15) is 11.6 Å². The van der Waals surface area contributed by atoms with E-state index in [0.29, 0.717) is 18.7 Å². The number of aromatic nitrogens is 3. The second-order valence-electron chi connectivity index (χ2n) is 7.35. The molecular formula is C19H24N4O3. The molecule has 2 aromatic rings. The summed E-state index contributed by atoms with van der Waals surface area (Å²) in [5.41, 5.74) is 2.56. The van der Waals surface area contributed by atoms with E-state index < -0.39 is 0 Å². The van der Waals surface area contributed by atoms with Gasteiger partial charge in [-0.25, -0.2) is 0 Å². The van der Waals surface area contributed by atoms with Gasteiger partial charge >= 0.3 is 0 Å². The standard InChI is InChI=1S/C19H24N4O3/c1-12-15(13(2)26-21-12)9-19(25)22-7-3-5-14(11-22)16-10-18(24)20-17-6-4-8-23(16)17/h10,14H,3-9,11H2,1-2H3/t14-/m1/s1. The van der Waals surface area contributed by atoms with Crippen LogP contribution in [-0.4, -0.2) is 38.6 Å². The van der Waals surface area contributed by atoms with Crippen LogP contribution < -0.4 is 5.56 Å². The van der Waals surface area contributed by atoms with Gasteiger partial charge in [0.05, 0.1) is 12.1 Å². The van der Waals surface area contributed by atoms with Gasteiger partial charge in [-0.15, -0.1) is 0 Å². The van der Waals surface area contributed by atoms with E-state index in [1.165, 1.54) is 0 Å². The van der Waals surface area contributed by atoms with Crippen LogP contribution in [0.2, 0.25) is 0 Å². The number of carbonyl (C=O) groups is 1. The minimum atomic E-state index is -0.160. The number of piperidine rings is 1. The van der Waals surface area contributed by atoms with Gasteiger partial charge < -0.3 is 14.0 Å². The molecule has 0 N–H and O–H groups in total. The normalized spacial score (nSPS) is 19.6. The molecule has 4 rings (SSSR count). The molecular weight excluding hydrogens is 332 g/mol. The highest BCUT2D eigenvalue weighted by molar-refractivity contribution is 5.79. The van der Waals surface area contributed by atoms with Gasteiger partial charge in [0.15, 0.2) is 0 Å². The summed E-state index contributed by atoms with van der Waals surface area (Å²) in [7, 11) is 0. The van der Waals surface area contributed by atoms with Crippen LogP contribution in [0.3, 0.4) is 0 Å². The van der Waals surface area contributed by atoms with E-state index >= 15 is 0 Å². The van der Waals surface area contributed by atoms with Gasteiger partial charge in [-0.05, 0) is 33.1 Å². The molecule has 2 aromatic heterocycles. The molecule has 1 fully saturated rings. The van der Waals surface area contributed by atoms with Gasteiger partial charge in [-0.2, -0.15) is 4.98 Å². The first kappa shape index (κ1) is 17.0. The average molecular weight is 356 g/mol.